The van der Waals surface area contributed by atoms with E-state index >= 15 is 0 Å². The van der Waals surface area contributed by atoms with Crippen LogP contribution in [0, 0.1) is 11.3 Å². The van der Waals surface area contributed by atoms with Gasteiger partial charge >= 0.3 is 6.18 Å². The Bertz CT molecular complexity index is 1330. The second-order valence-corrected chi connectivity index (χ2v) is 8.07. The highest BCUT2D eigenvalue weighted by molar-refractivity contribution is 5.89. The Balaban J connectivity index is 1.80. The molecule has 0 amide bonds. The number of nitriles is 1. The molecular weight excluding hydrogens is 439 g/mol. The summed E-state index contributed by atoms with van der Waals surface area (Å²) >= 11 is 0. The summed E-state index contributed by atoms with van der Waals surface area (Å²) in [6.45, 7) is 7.90. The Hall–Kier alpha value is -3.57. The zero-order chi connectivity index (χ0) is 24.3. The van der Waals surface area contributed by atoms with Crippen LogP contribution in [-0.2, 0) is 6.18 Å². The van der Waals surface area contributed by atoms with Gasteiger partial charge in [0.05, 0.1) is 16.6 Å². The lowest BCUT2D eigenvalue weighted by atomic mass is 10.00. The quantitative estimate of drug-likeness (QED) is 0.315. The topological polar surface area (TPSA) is 56.4 Å². The standard InChI is InChI=1S/C26H26F3N5/c1-3-33(4-2)15-7-14-31-24-16-20(18-10-12-19(13-11-18)26(27,28)29)21(17-30)25-32-22-8-5-6-9-23(22)34(24)25/h5-6,8-13,16,31H,3-4,7,14-15H2,1-2H3. The monoisotopic (exact) mass is 465 g/mol. The van der Waals surface area contributed by atoms with Crippen LogP contribution >= 0.6 is 0 Å². The molecule has 0 spiro atoms. The molecule has 34 heavy (non-hydrogen) atoms. The van der Waals surface area contributed by atoms with E-state index in [4.69, 9.17) is 0 Å². The number of rotatable bonds is 8. The number of nitrogens with one attached hydrogen (secondary N) is 1. The van der Waals surface area contributed by atoms with Crippen LogP contribution in [-0.4, -0.2) is 40.5 Å². The third kappa shape index (κ3) is 4.57. The van der Waals surface area contributed by atoms with Crippen molar-refractivity contribution in [2.75, 3.05) is 31.5 Å². The van der Waals surface area contributed by atoms with Crippen molar-refractivity contribution in [1.82, 2.24) is 14.3 Å². The number of anilines is 1. The van der Waals surface area contributed by atoms with Gasteiger partial charge in [0, 0.05) is 12.1 Å². The third-order valence-corrected chi connectivity index (χ3v) is 6.06. The Kier molecular flexibility index (Phi) is 6.75. The molecular formula is C26H26F3N5. The average Bonchev–Trinajstić information content (AvgIpc) is 3.23. The fourth-order valence-electron chi connectivity index (χ4n) is 4.20. The molecule has 0 aliphatic rings. The smallest absolute Gasteiger partial charge is 0.371 e. The second kappa shape index (κ2) is 9.74. The average molecular weight is 466 g/mol. The second-order valence-electron chi connectivity index (χ2n) is 8.07. The lowest BCUT2D eigenvalue weighted by Crippen LogP contribution is -2.25. The molecule has 0 saturated carbocycles. The molecule has 4 aromatic rings. The van der Waals surface area contributed by atoms with Gasteiger partial charge in [-0.1, -0.05) is 38.1 Å². The fourth-order valence-corrected chi connectivity index (χ4v) is 4.20. The van der Waals surface area contributed by atoms with Crippen molar-refractivity contribution in [3.63, 3.8) is 0 Å². The number of hydrogen-bond donors (Lipinski definition) is 1. The van der Waals surface area contributed by atoms with E-state index < -0.39 is 11.7 Å². The largest absolute Gasteiger partial charge is 0.416 e. The molecule has 0 unspecified atom stereocenters. The summed E-state index contributed by atoms with van der Waals surface area (Å²) in [6.07, 6.45) is -3.50. The summed E-state index contributed by atoms with van der Waals surface area (Å²) < 4.78 is 41.1. The minimum atomic E-state index is -4.42. The first kappa shape index (κ1) is 23.6. The van der Waals surface area contributed by atoms with Gasteiger partial charge in [-0.2, -0.15) is 18.4 Å². The van der Waals surface area contributed by atoms with Gasteiger partial charge in [0.1, 0.15) is 17.5 Å². The van der Waals surface area contributed by atoms with E-state index in [1.54, 1.807) is 0 Å². The van der Waals surface area contributed by atoms with Gasteiger partial charge in [-0.3, -0.25) is 4.40 Å². The highest BCUT2D eigenvalue weighted by Crippen LogP contribution is 2.35. The van der Waals surface area contributed by atoms with Gasteiger partial charge in [0.15, 0.2) is 5.65 Å². The molecule has 0 fully saturated rings. The first-order chi connectivity index (χ1) is 16.4. The molecule has 1 N–H and O–H groups in total. The molecule has 0 radical (unpaired) electrons. The van der Waals surface area contributed by atoms with Crippen LogP contribution in [0.3, 0.4) is 0 Å². The summed E-state index contributed by atoms with van der Waals surface area (Å²) in [6, 6.07) is 16.6. The van der Waals surface area contributed by atoms with E-state index in [1.807, 2.05) is 34.7 Å². The van der Waals surface area contributed by atoms with Gasteiger partial charge in [-0.15, -0.1) is 0 Å². The van der Waals surface area contributed by atoms with Crippen LogP contribution in [0.15, 0.2) is 54.6 Å². The normalized spacial score (nSPS) is 11.9. The number of nitrogens with zero attached hydrogens (tertiary/aromatic N) is 4. The number of benzene rings is 2. The molecule has 2 aromatic carbocycles. The molecule has 0 aliphatic heterocycles. The number of para-hydroxylation sites is 2. The van der Waals surface area contributed by atoms with Crippen LogP contribution in [0.2, 0.25) is 0 Å². The number of aromatic nitrogens is 2. The Morgan fingerprint density at radius 1 is 1.06 bits per heavy atom. The van der Waals surface area contributed by atoms with Gasteiger partial charge in [0.2, 0.25) is 0 Å². The summed E-state index contributed by atoms with van der Waals surface area (Å²) in [4.78, 5) is 7.03. The summed E-state index contributed by atoms with van der Waals surface area (Å²) in [5.74, 6) is 0.747. The minimum absolute atomic E-state index is 0.324. The lowest BCUT2D eigenvalue weighted by molar-refractivity contribution is -0.137. The maximum Gasteiger partial charge on any atom is 0.416 e. The molecule has 0 atom stereocenters. The highest BCUT2D eigenvalue weighted by atomic mass is 19.4. The van der Waals surface area contributed by atoms with Crippen LogP contribution in [0.5, 0.6) is 0 Å². The van der Waals surface area contributed by atoms with Crippen molar-refractivity contribution < 1.29 is 13.2 Å². The summed E-state index contributed by atoms with van der Waals surface area (Å²) in [7, 11) is 0. The van der Waals surface area contributed by atoms with Crippen molar-refractivity contribution in [3.8, 4) is 17.2 Å². The van der Waals surface area contributed by atoms with E-state index in [9.17, 15) is 18.4 Å². The summed E-state index contributed by atoms with van der Waals surface area (Å²) in [5.41, 5.74) is 2.76. The molecule has 2 heterocycles. The SMILES string of the molecule is CCN(CC)CCCNc1cc(-c2ccc(C(F)(F)F)cc2)c(C#N)c2nc3ccccc3n12. The molecule has 0 saturated heterocycles. The molecule has 8 heteroatoms. The van der Waals surface area contributed by atoms with Crippen LogP contribution in [0.4, 0.5) is 19.0 Å². The zero-order valence-corrected chi connectivity index (χ0v) is 19.2. The maximum absolute atomic E-state index is 13.1. The molecule has 2 aromatic heterocycles. The fraction of sp³-hybridized carbons (Fsp3) is 0.308. The lowest BCUT2D eigenvalue weighted by Gasteiger charge is -2.19. The number of hydrogen-bond acceptors (Lipinski definition) is 4. The van der Waals surface area contributed by atoms with Crippen molar-refractivity contribution in [2.24, 2.45) is 0 Å². The number of halogens is 3. The van der Waals surface area contributed by atoms with Crippen LogP contribution < -0.4 is 5.32 Å². The molecule has 0 aliphatic carbocycles. The predicted octanol–water partition coefficient (Wildman–Crippen LogP) is 6.19. The highest BCUT2D eigenvalue weighted by Gasteiger charge is 2.30. The van der Waals surface area contributed by atoms with Crippen molar-refractivity contribution in [2.45, 2.75) is 26.4 Å². The van der Waals surface area contributed by atoms with Gasteiger partial charge in [-0.25, -0.2) is 4.98 Å². The molecule has 5 nitrogen and oxygen atoms in total. The molecule has 0 bridgehead atoms. The minimum Gasteiger partial charge on any atom is -0.371 e. The van der Waals surface area contributed by atoms with Crippen LogP contribution in [0.25, 0.3) is 27.8 Å². The van der Waals surface area contributed by atoms with Gasteiger partial charge in [-0.05, 0) is 62.0 Å². The Labute approximate surface area is 196 Å². The van der Waals surface area contributed by atoms with Crippen molar-refractivity contribution >= 4 is 22.5 Å². The number of imidazole rings is 1. The van der Waals surface area contributed by atoms with E-state index in [0.717, 1.165) is 55.0 Å². The molecule has 4 rings (SSSR count). The number of pyridine rings is 1. The Morgan fingerprint density at radius 2 is 1.76 bits per heavy atom. The maximum atomic E-state index is 13.1. The Morgan fingerprint density at radius 3 is 2.41 bits per heavy atom. The number of fused-ring (bicyclic) bond motifs is 3. The van der Waals surface area contributed by atoms with E-state index in [0.29, 0.717) is 28.9 Å². The van der Waals surface area contributed by atoms with Crippen molar-refractivity contribution in [1.29, 1.82) is 5.26 Å². The first-order valence-corrected chi connectivity index (χ1v) is 11.4. The van der Waals surface area contributed by atoms with Gasteiger partial charge in [0.25, 0.3) is 0 Å². The van der Waals surface area contributed by atoms with Crippen LogP contribution in [0.1, 0.15) is 31.4 Å². The van der Waals surface area contributed by atoms with Gasteiger partial charge < -0.3 is 10.2 Å². The predicted molar refractivity (Wildman–Crippen MR) is 129 cm³/mol. The summed E-state index contributed by atoms with van der Waals surface area (Å²) in [5, 5.41) is 13.5. The number of alkyl halides is 3. The van der Waals surface area contributed by atoms with E-state index in [1.165, 1.54) is 12.1 Å². The third-order valence-electron chi connectivity index (χ3n) is 6.06. The van der Waals surface area contributed by atoms with E-state index in [2.05, 4.69) is 35.1 Å². The zero-order valence-electron chi connectivity index (χ0n) is 19.2. The van der Waals surface area contributed by atoms with E-state index in [-0.39, 0.29) is 0 Å². The molecule has 176 valence electrons. The van der Waals surface area contributed by atoms with Crippen molar-refractivity contribution in [3.05, 3.63) is 65.7 Å². The first-order valence-electron chi connectivity index (χ1n) is 11.4.